The molecule has 0 spiro atoms. The number of nitrogens with one attached hydrogen (secondary N) is 1. The zero-order chi connectivity index (χ0) is 14.2. The zero-order valence-electron chi connectivity index (χ0n) is 12.3. The van der Waals surface area contributed by atoms with Crippen LogP contribution >= 0.6 is 0 Å². The fraction of sp³-hybridized carbons (Fsp3) is 0.625. The second-order valence-electron chi connectivity index (χ2n) is 6.29. The van der Waals surface area contributed by atoms with Crippen molar-refractivity contribution in [3.63, 3.8) is 0 Å². The Morgan fingerprint density at radius 3 is 2.90 bits per heavy atom. The normalized spacial score (nSPS) is 27.6. The topological polar surface area (TPSA) is 24.5 Å². The number of benzene rings is 1. The highest BCUT2D eigenvalue weighted by Gasteiger charge is 2.43. The van der Waals surface area contributed by atoms with Gasteiger partial charge in [-0.1, -0.05) is 6.07 Å². The second-order valence-corrected chi connectivity index (χ2v) is 6.29. The van der Waals surface area contributed by atoms with Gasteiger partial charge in [0.05, 0.1) is 7.11 Å². The molecule has 1 heterocycles. The molecule has 1 saturated heterocycles. The minimum atomic E-state index is -0.170. The fourth-order valence-electron chi connectivity index (χ4n) is 3.25. The van der Waals surface area contributed by atoms with E-state index in [4.69, 9.17) is 4.74 Å². The third-order valence-corrected chi connectivity index (χ3v) is 4.64. The van der Waals surface area contributed by atoms with Crippen LogP contribution in [0.4, 0.5) is 4.39 Å². The third-order valence-electron chi connectivity index (χ3n) is 4.64. The molecular weight excluding hydrogens is 255 g/mol. The summed E-state index contributed by atoms with van der Waals surface area (Å²) in [5.41, 5.74) is 0.965. The van der Waals surface area contributed by atoms with Gasteiger partial charge in [-0.05, 0) is 31.7 Å². The molecule has 0 amide bonds. The van der Waals surface area contributed by atoms with Crippen LogP contribution in [0.5, 0.6) is 5.75 Å². The molecule has 3 rings (SSSR count). The summed E-state index contributed by atoms with van der Waals surface area (Å²) in [5.74, 6) is 1.21. The summed E-state index contributed by atoms with van der Waals surface area (Å²) >= 11 is 0. The molecule has 2 aliphatic rings. The van der Waals surface area contributed by atoms with Crippen molar-refractivity contribution in [1.82, 2.24) is 10.2 Å². The summed E-state index contributed by atoms with van der Waals surface area (Å²) in [6.07, 6.45) is 2.66. The molecule has 1 atom stereocenters. The SMILES string of the molecule is COc1ccc(CN2CCNC(C)(C3CC3)C2)c(F)c1. The highest BCUT2D eigenvalue weighted by atomic mass is 19.1. The van der Waals surface area contributed by atoms with Crippen LogP contribution in [0, 0.1) is 11.7 Å². The Kier molecular flexibility index (Phi) is 3.69. The van der Waals surface area contributed by atoms with Crippen molar-refractivity contribution in [2.24, 2.45) is 5.92 Å². The van der Waals surface area contributed by atoms with Gasteiger partial charge in [0.1, 0.15) is 11.6 Å². The lowest BCUT2D eigenvalue weighted by atomic mass is 9.92. The standard InChI is InChI=1S/C16H23FN2O/c1-16(13-4-5-13)11-19(8-7-18-16)10-12-3-6-14(20-2)9-15(12)17/h3,6,9,13,18H,4-5,7-8,10-11H2,1-2H3. The van der Waals surface area contributed by atoms with E-state index >= 15 is 0 Å². The predicted molar refractivity (Wildman–Crippen MR) is 77.4 cm³/mol. The Labute approximate surface area is 120 Å². The summed E-state index contributed by atoms with van der Waals surface area (Å²) < 4.78 is 19.1. The van der Waals surface area contributed by atoms with Crippen LogP contribution < -0.4 is 10.1 Å². The van der Waals surface area contributed by atoms with Gasteiger partial charge in [-0.15, -0.1) is 0 Å². The minimum Gasteiger partial charge on any atom is -0.497 e. The molecule has 1 aliphatic heterocycles. The fourth-order valence-corrected chi connectivity index (χ4v) is 3.25. The van der Waals surface area contributed by atoms with Crippen molar-refractivity contribution in [2.75, 3.05) is 26.7 Å². The van der Waals surface area contributed by atoms with E-state index in [9.17, 15) is 4.39 Å². The van der Waals surface area contributed by atoms with Crippen LogP contribution in [0.15, 0.2) is 18.2 Å². The molecule has 2 fully saturated rings. The van der Waals surface area contributed by atoms with Crippen LogP contribution in [0.25, 0.3) is 0 Å². The molecule has 4 heteroatoms. The first-order valence-electron chi connectivity index (χ1n) is 7.40. The van der Waals surface area contributed by atoms with E-state index in [0.29, 0.717) is 12.3 Å². The lowest BCUT2D eigenvalue weighted by Crippen LogP contribution is -2.59. The van der Waals surface area contributed by atoms with Crippen molar-refractivity contribution in [3.8, 4) is 5.75 Å². The Morgan fingerprint density at radius 1 is 1.45 bits per heavy atom. The van der Waals surface area contributed by atoms with Crippen LogP contribution in [-0.2, 0) is 6.54 Å². The van der Waals surface area contributed by atoms with Crippen molar-refractivity contribution >= 4 is 0 Å². The molecule has 0 aromatic heterocycles. The highest BCUT2D eigenvalue weighted by Crippen LogP contribution is 2.40. The van der Waals surface area contributed by atoms with Gasteiger partial charge in [0, 0.05) is 43.3 Å². The Bertz CT molecular complexity index is 489. The van der Waals surface area contributed by atoms with Crippen LogP contribution in [0.1, 0.15) is 25.3 Å². The molecule has 0 bridgehead atoms. The van der Waals surface area contributed by atoms with E-state index in [2.05, 4.69) is 17.1 Å². The molecule has 3 nitrogen and oxygen atoms in total. The Hall–Kier alpha value is -1.13. The first-order valence-corrected chi connectivity index (χ1v) is 7.40. The number of nitrogens with zero attached hydrogens (tertiary/aromatic N) is 1. The van der Waals surface area contributed by atoms with Gasteiger partial charge in [0.2, 0.25) is 0 Å². The van der Waals surface area contributed by atoms with E-state index in [1.54, 1.807) is 7.11 Å². The van der Waals surface area contributed by atoms with Crippen molar-refractivity contribution in [3.05, 3.63) is 29.6 Å². The van der Waals surface area contributed by atoms with Crippen molar-refractivity contribution in [2.45, 2.75) is 31.8 Å². The van der Waals surface area contributed by atoms with E-state index in [1.165, 1.54) is 18.9 Å². The monoisotopic (exact) mass is 278 g/mol. The number of methoxy groups -OCH3 is 1. The summed E-state index contributed by atoms with van der Waals surface area (Å²) in [4.78, 5) is 2.36. The van der Waals surface area contributed by atoms with Crippen LogP contribution in [0.3, 0.4) is 0 Å². The number of piperazine rings is 1. The van der Waals surface area contributed by atoms with E-state index in [1.807, 2.05) is 12.1 Å². The first-order chi connectivity index (χ1) is 9.60. The molecule has 1 unspecified atom stereocenters. The predicted octanol–water partition coefficient (Wildman–Crippen LogP) is 2.41. The number of ether oxygens (including phenoxy) is 1. The Morgan fingerprint density at radius 2 is 2.25 bits per heavy atom. The maximum Gasteiger partial charge on any atom is 0.131 e. The molecule has 1 aromatic carbocycles. The molecule has 1 aromatic rings. The van der Waals surface area contributed by atoms with Gasteiger partial charge < -0.3 is 10.1 Å². The third kappa shape index (κ3) is 2.81. The quantitative estimate of drug-likeness (QED) is 0.915. The molecule has 1 aliphatic carbocycles. The number of hydrogen-bond donors (Lipinski definition) is 1. The number of halogens is 1. The van der Waals surface area contributed by atoms with Gasteiger partial charge in [0.15, 0.2) is 0 Å². The summed E-state index contributed by atoms with van der Waals surface area (Å²) in [6, 6.07) is 5.14. The van der Waals surface area contributed by atoms with Gasteiger partial charge in [0.25, 0.3) is 0 Å². The number of hydrogen-bond acceptors (Lipinski definition) is 3. The smallest absolute Gasteiger partial charge is 0.131 e. The van der Waals surface area contributed by atoms with Gasteiger partial charge in [-0.3, -0.25) is 4.90 Å². The van der Waals surface area contributed by atoms with Crippen molar-refractivity contribution < 1.29 is 9.13 Å². The van der Waals surface area contributed by atoms with E-state index in [-0.39, 0.29) is 11.4 Å². The molecule has 20 heavy (non-hydrogen) atoms. The molecule has 1 N–H and O–H groups in total. The van der Waals surface area contributed by atoms with Gasteiger partial charge >= 0.3 is 0 Å². The largest absolute Gasteiger partial charge is 0.497 e. The summed E-state index contributed by atoms with van der Waals surface area (Å²) in [5, 5.41) is 3.65. The first kappa shape index (κ1) is 13.8. The van der Waals surface area contributed by atoms with Gasteiger partial charge in [-0.2, -0.15) is 0 Å². The highest BCUT2D eigenvalue weighted by molar-refractivity contribution is 5.29. The zero-order valence-corrected chi connectivity index (χ0v) is 12.3. The minimum absolute atomic E-state index is 0.170. The lowest BCUT2D eigenvalue weighted by molar-refractivity contribution is 0.120. The maximum absolute atomic E-state index is 14.0. The van der Waals surface area contributed by atoms with E-state index in [0.717, 1.165) is 31.1 Å². The molecular formula is C16H23FN2O. The molecule has 1 saturated carbocycles. The molecule has 110 valence electrons. The van der Waals surface area contributed by atoms with Gasteiger partial charge in [-0.25, -0.2) is 4.39 Å². The van der Waals surface area contributed by atoms with E-state index < -0.39 is 0 Å². The Balaban J connectivity index is 1.68. The van der Waals surface area contributed by atoms with Crippen LogP contribution in [-0.4, -0.2) is 37.2 Å². The molecule has 0 radical (unpaired) electrons. The average Bonchev–Trinajstić information content (AvgIpc) is 3.26. The summed E-state index contributed by atoms with van der Waals surface area (Å²) in [7, 11) is 1.56. The number of rotatable bonds is 4. The second kappa shape index (κ2) is 5.34. The average molecular weight is 278 g/mol. The van der Waals surface area contributed by atoms with Crippen LogP contribution in [0.2, 0.25) is 0 Å². The lowest BCUT2D eigenvalue weighted by Gasteiger charge is -2.42. The maximum atomic E-state index is 14.0. The van der Waals surface area contributed by atoms with Crippen molar-refractivity contribution in [1.29, 1.82) is 0 Å². The summed E-state index contributed by atoms with van der Waals surface area (Å²) in [6.45, 7) is 5.96.